The molecule has 2 aromatic rings. The topological polar surface area (TPSA) is 103 Å². The standard InChI is InChI=1S/C19H21N5O3S/c1-4-28-18-21-17-20-13-9-19(2,3)10-14(25)15(13)16(23(17)22-18)11-6-5-7-12(8-11)24(26)27/h5-9,15-16H,4,10H2,1-3H3,(H,20,21,22)/t15-,16-/m1/s1. The summed E-state index contributed by atoms with van der Waals surface area (Å²) in [4.78, 5) is 28.5. The number of fused-ring (bicyclic) bond motifs is 2. The van der Waals surface area contributed by atoms with Gasteiger partial charge in [0.05, 0.1) is 16.9 Å². The summed E-state index contributed by atoms with van der Waals surface area (Å²) in [6, 6.07) is 5.97. The lowest BCUT2D eigenvalue weighted by Gasteiger charge is -2.40. The SMILES string of the molecule is CCSc1nc2n(n1)[C@H](c1cccc([N+](=O)[O-])c1)[C@H]1C(=O)CC(C)(C)C=C1N2. The predicted octanol–water partition coefficient (Wildman–Crippen LogP) is 3.81. The summed E-state index contributed by atoms with van der Waals surface area (Å²) in [5.41, 5.74) is 1.21. The highest BCUT2D eigenvalue weighted by molar-refractivity contribution is 7.99. The van der Waals surface area contributed by atoms with Gasteiger partial charge in [0.1, 0.15) is 5.78 Å². The van der Waals surface area contributed by atoms with E-state index in [0.717, 1.165) is 11.4 Å². The van der Waals surface area contributed by atoms with Gasteiger partial charge in [-0.15, -0.1) is 5.10 Å². The molecule has 0 saturated heterocycles. The van der Waals surface area contributed by atoms with Gasteiger partial charge >= 0.3 is 0 Å². The van der Waals surface area contributed by atoms with Crippen LogP contribution in [0.4, 0.5) is 11.6 Å². The van der Waals surface area contributed by atoms with Crippen molar-refractivity contribution in [1.82, 2.24) is 14.8 Å². The van der Waals surface area contributed by atoms with Crippen LogP contribution < -0.4 is 5.32 Å². The van der Waals surface area contributed by atoms with E-state index in [1.807, 2.05) is 26.8 Å². The van der Waals surface area contributed by atoms with E-state index in [2.05, 4.69) is 21.5 Å². The van der Waals surface area contributed by atoms with Gasteiger partial charge in [-0.2, -0.15) is 4.98 Å². The van der Waals surface area contributed by atoms with Crippen LogP contribution in [0.2, 0.25) is 0 Å². The lowest BCUT2D eigenvalue weighted by atomic mass is 9.72. The van der Waals surface area contributed by atoms with Gasteiger partial charge in [-0.25, -0.2) is 4.68 Å². The Kier molecular flexibility index (Phi) is 4.49. The number of nitro benzene ring substituents is 1. The Labute approximate surface area is 166 Å². The number of ketones is 1. The molecule has 0 unspecified atom stereocenters. The van der Waals surface area contributed by atoms with E-state index in [1.165, 1.54) is 23.9 Å². The molecular formula is C19H21N5O3S. The number of anilines is 1. The fourth-order valence-corrected chi connectivity index (χ4v) is 4.51. The molecule has 1 aromatic heterocycles. The van der Waals surface area contributed by atoms with Crippen molar-refractivity contribution in [2.24, 2.45) is 11.3 Å². The summed E-state index contributed by atoms with van der Waals surface area (Å²) in [5, 5.41) is 19.8. The number of non-ortho nitro benzene ring substituents is 1. The molecule has 4 rings (SSSR count). The molecule has 0 bridgehead atoms. The first-order valence-corrected chi connectivity index (χ1v) is 10.1. The van der Waals surface area contributed by atoms with Crippen molar-refractivity contribution in [2.45, 2.75) is 38.4 Å². The number of nitro groups is 1. The lowest BCUT2D eigenvalue weighted by molar-refractivity contribution is -0.384. The number of nitrogens with zero attached hydrogens (tertiary/aromatic N) is 4. The Morgan fingerprint density at radius 3 is 2.93 bits per heavy atom. The van der Waals surface area contributed by atoms with Crippen molar-refractivity contribution in [3.63, 3.8) is 0 Å². The van der Waals surface area contributed by atoms with E-state index in [0.29, 0.717) is 23.1 Å². The zero-order chi connectivity index (χ0) is 20.1. The highest BCUT2D eigenvalue weighted by atomic mass is 32.2. The number of rotatable bonds is 4. The number of nitrogens with one attached hydrogen (secondary N) is 1. The first-order chi connectivity index (χ1) is 13.3. The average Bonchev–Trinajstić information content (AvgIpc) is 3.01. The van der Waals surface area contributed by atoms with Crippen LogP contribution in [0.3, 0.4) is 0 Å². The molecule has 0 radical (unpaired) electrons. The smallest absolute Gasteiger partial charge is 0.269 e. The molecule has 0 fully saturated rings. The first kappa shape index (κ1) is 18.7. The maximum absolute atomic E-state index is 13.1. The Balaban J connectivity index is 1.90. The van der Waals surface area contributed by atoms with Crippen LogP contribution in [-0.2, 0) is 4.79 Å². The maximum Gasteiger partial charge on any atom is 0.269 e. The Bertz CT molecular complexity index is 997. The summed E-state index contributed by atoms with van der Waals surface area (Å²) in [5.74, 6) is 1.00. The molecule has 1 aromatic carbocycles. The number of thioether (sulfide) groups is 1. The summed E-state index contributed by atoms with van der Waals surface area (Å²) in [7, 11) is 0. The summed E-state index contributed by atoms with van der Waals surface area (Å²) in [6.45, 7) is 6.07. The lowest BCUT2D eigenvalue weighted by Crippen LogP contribution is -2.42. The van der Waals surface area contributed by atoms with Gasteiger partial charge in [-0.3, -0.25) is 14.9 Å². The zero-order valence-corrected chi connectivity index (χ0v) is 16.7. The van der Waals surface area contributed by atoms with Crippen molar-refractivity contribution in [1.29, 1.82) is 0 Å². The maximum atomic E-state index is 13.1. The summed E-state index contributed by atoms with van der Waals surface area (Å²) >= 11 is 1.51. The molecule has 2 atom stereocenters. The predicted molar refractivity (Wildman–Crippen MR) is 106 cm³/mol. The van der Waals surface area contributed by atoms with E-state index in [-0.39, 0.29) is 16.9 Å². The summed E-state index contributed by atoms with van der Waals surface area (Å²) in [6.07, 6.45) is 2.49. The fourth-order valence-electron chi connectivity index (χ4n) is 3.95. The van der Waals surface area contributed by atoms with Crippen LogP contribution in [0.1, 0.15) is 38.8 Å². The number of allylic oxidation sites excluding steroid dienone is 2. The quantitative estimate of drug-likeness (QED) is 0.474. The Morgan fingerprint density at radius 1 is 1.43 bits per heavy atom. The third kappa shape index (κ3) is 3.19. The van der Waals surface area contributed by atoms with E-state index >= 15 is 0 Å². The molecule has 28 heavy (non-hydrogen) atoms. The molecule has 8 nitrogen and oxygen atoms in total. The van der Waals surface area contributed by atoms with E-state index in [4.69, 9.17) is 0 Å². The molecule has 0 spiro atoms. The molecule has 2 aliphatic rings. The van der Waals surface area contributed by atoms with E-state index < -0.39 is 16.9 Å². The largest absolute Gasteiger partial charge is 0.328 e. The van der Waals surface area contributed by atoms with Gasteiger partial charge in [-0.1, -0.05) is 50.7 Å². The van der Waals surface area contributed by atoms with Crippen molar-refractivity contribution < 1.29 is 9.72 Å². The second-order valence-corrected chi connectivity index (χ2v) is 8.96. The fraction of sp³-hybridized carbons (Fsp3) is 0.421. The first-order valence-electron chi connectivity index (χ1n) is 9.15. The van der Waals surface area contributed by atoms with Gasteiger partial charge in [0.15, 0.2) is 0 Å². The minimum Gasteiger partial charge on any atom is -0.328 e. The van der Waals surface area contributed by atoms with Crippen molar-refractivity contribution in [2.75, 3.05) is 11.1 Å². The van der Waals surface area contributed by atoms with Crippen LogP contribution in [0.15, 0.2) is 41.2 Å². The zero-order valence-electron chi connectivity index (χ0n) is 15.9. The molecule has 1 aliphatic carbocycles. The van der Waals surface area contributed by atoms with Gasteiger partial charge in [-0.05, 0) is 16.7 Å². The van der Waals surface area contributed by atoms with Crippen molar-refractivity contribution >= 4 is 29.2 Å². The van der Waals surface area contributed by atoms with Gasteiger partial charge in [0, 0.05) is 24.3 Å². The Hall–Kier alpha value is -2.68. The number of aromatic nitrogens is 3. The number of hydrogen-bond acceptors (Lipinski definition) is 7. The number of carbonyl (C=O) groups excluding carboxylic acids is 1. The van der Waals surface area contributed by atoms with Crippen molar-refractivity contribution in [3.8, 4) is 0 Å². The van der Waals surface area contributed by atoms with E-state index in [1.54, 1.807) is 10.7 Å². The Morgan fingerprint density at radius 2 is 2.21 bits per heavy atom. The number of hydrogen-bond donors (Lipinski definition) is 1. The number of carbonyl (C=O) groups is 1. The average molecular weight is 399 g/mol. The van der Waals surface area contributed by atoms with Gasteiger partial charge < -0.3 is 5.32 Å². The van der Waals surface area contributed by atoms with E-state index in [9.17, 15) is 14.9 Å². The normalized spacial score (nSPS) is 22.7. The minimum atomic E-state index is -0.469. The number of benzene rings is 1. The van der Waals surface area contributed by atoms with Crippen LogP contribution in [0.25, 0.3) is 0 Å². The third-order valence-corrected chi connectivity index (χ3v) is 5.72. The van der Waals surface area contributed by atoms with Crippen LogP contribution in [0.5, 0.6) is 0 Å². The van der Waals surface area contributed by atoms with Crippen molar-refractivity contribution in [3.05, 3.63) is 51.7 Å². The van der Waals surface area contributed by atoms with Gasteiger partial charge in [0.25, 0.3) is 5.69 Å². The molecular weight excluding hydrogens is 378 g/mol. The second-order valence-electron chi connectivity index (χ2n) is 7.73. The third-order valence-electron chi connectivity index (χ3n) is 5.00. The molecule has 0 amide bonds. The monoisotopic (exact) mass is 399 g/mol. The summed E-state index contributed by atoms with van der Waals surface area (Å²) < 4.78 is 1.70. The molecule has 1 aliphatic heterocycles. The minimum absolute atomic E-state index is 0.00466. The molecule has 146 valence electrons. The highest BCUT2D eigenvalue weighted by Gasteiger charge is 2.45. The molecule has 1 N–H and O–H groups in total. The van der Waals surface area contributed by atoms with Crippen LogP contribution in [0, 0.1) is 21.4 Å². The number of Topliss-reactive ketones (excluding diaryl/α,β-unsaturated/α-hetero) is 1. The van der Waals surface area contributed by atoms with Crippen LogP contribution in [-0.4, -0.2) is 31.2 Å². The molecule has 2 heterocycles. The highest BCUT2D eigenvalue weighted by Crippen LogP contribution is 2.45. The molecule has 0 saturated carbocycles. The molecule has 9 heteroatoms. The second kappa shape index (κ2) is 6.73. The van der Waals surface area contributed by atoms with Crippen LogP contribution >= 0.6 is 11.8 Å². The van der Waals surface area contributed by atoms with Gasteiger partial charge in [0.2, 0.25) is 11.1 Å².